The average molecular weight is 421 g/mol. The number of fused-ring (bicyclic) bond motifs is 1. The van der Waals surface area contributed by atoms with Crippen LogP contribution in [0.1, 0.15) is 56.6 Å². The SMILES string of the molecule is CCCCCCCC1N(S(=O)(=O)C2=C=CC=Cc3c2cccc3N(C)C)S1=O. The number of sulfonamides is 1. The Morgan fingerprint density at radius 2 is 1.93 bits per heavy atom. The molecule has 1 aromatic rings. The normalized spacial score (nSPS) is 23.1. The van der Waals surface area contributed by atoms with E-state index in [2.05, 4.69) is 12.7 Å². The lowest BCUT2D eigenvalue weighted by atomic mass is 10.0. The maximum absolute atomic E-state index is 13.3. The summed E-state index contributed by atoms with van der Waals surface area (Å²) in [6, 6.07) is 5.58. The number of unbranched alkanes of at least 4 members (excludes halogenated alkanes) is 4. The van der Waals surface area contributed by atoms with Gasteiger partial charge in [0.15, 0.2) is 0 Å². The van der Waals surface area contributed by atoms with Crippen LogP contribution in [0.2, 0.25) is 0 Å². The van der Waals surface area contributed by atoms with Crippen LogP contribution in [0.4, 0.5) is 5.69 Å². The van der Waals surface area contributed by atoms with Crippen LogP contribution in [0, 0.1) is 0 Å². The van der Waals surface area contributed by atoms with Crippen LogP contribution < -0.4 is 4.90 Å². The summed E-state index contributed by atoms with van der Waals surface area (Å²) in [5.74, 6) is 0. The minimum absolute atomic E-state index is 0.0954. The molecular formula is C21H28N2O3S2. The highest BCUT2D eigenvalue weighted by Gasteiger charge is 2.55. The summed E-state index contributed by atoms with van der Waals surface area (Å²) < 4.78 is 40.1. The van der Waals surface area contributed by atoms with Gasteiger partial charge in [0.1, 0.15) is 21.3 Å². The number of allylic oxidation sites excluding steroid dienone is 2. The number of anilines is 1. The van der Waals surface area contributed by atoms with Crippen LogP contribution in [0.5, 0.6) is 0 Å². The number of hydrogen-bond donors (Lipinski definition) is 0. The molecule has 1 aliphatic heterocycles. The molecule has 7 heteroatoms. The van der Waals surface area contributed by atoms with Crippen molar-refractivity contribution < 1.29 is 12.6 Å². The molecule has 0 bridgehead atoms. The van der Waals surface area contributed by atoms with E-state index in [4.69, 9.17) is 0 Å². The van der Waals surface area contributed by atoms with E-state index < -0.39 is 26.4 Å². The van der Waals surface area contributed by atoms with Gasteiger partial charge in [-0.15, -0.1) is 0 Å². The van der Waals surface area contributed by atoms with Gasteiger partial charge in [0.2, 0.25) is 0 Å². The molecule has 3 atom stereocenters. The fraction of sp³-hybridized carbons (Fsp3) is 0.476. The van der Waals surface area contributed by atoms with Crippen LogP contribution in [-0.4, -0.2) is 35.8 Å². The molecule has 28 heavy (non-hydrogen) atoms. The summed E-state index contributed by atoms with van der Waals surface area (Å²) in [5, 5.41) is -0.405. The van der Waals surface area contributed by atoms with Gasteiger partial charge >= 0.3 is 0 Å². The van der Waals surface area contributed by atoms with Gasteiger partial charge in [-0.05, 0) is 18.6 Å². The zero-order valence-corrected chi connectivity index (χ0v) is 18.4. The highest BCUT2D eigenvalue weighted by molar-refractivity contribution is 8.11. The van der Waals surface area contributed by atoms with Crippen molar-refractivity contribution in [2.24, 2.45) is 0 Å². The molecular weight excluding hydrogens is 392 g/mol. The van der Waals surface area contributed by atoms with Crippen molar-refractivity contribution >= 4 is 37.7 Å². The second-order valence-corrected chi connectivity index (χ2v) is 10.8. The molecule has 1 aliphatic carbocycles. The minimum atomic E-state index is -3.86. The Hall–Kier alpha value is -1.66. The highest BCUT2D eigenvalue weighted by atomic mass is 32.3. The smallest absolute Gasteiger partial charge is 0.263 e. The van der Waals surface area contributed by atoms with Crippen molar-refractivity contribution in [2.75, 3.05) is 19.0 Å². The minimum Gasteiger partial charge on any atom is -0.377 e. The summed E-state index contributed by atoms with van der Waals surface area (Å²) in [7, 11) is -1.49. The zero-order chi connectivity index (χ0) is 20.3. The number of nitrogens with zero attached hydrogens (tertiary/aromatic N) is 2. The topological polar surface area (TPSA) is 57.5 Å². The Morgan fingerprint density at radius 3 is 2.64 bits per heavy atom. The second kappa shape index (κ2) is 8.78. The fourth-order valence-electron chi connectivity index (χ4n) is 3.50. The molecule has 1 heterocycles. The monoisotopic (exact) mass is 420 g/mol. The molecule has 1 saturated heterocycles. The molecule has 0 saturated carbocycles. The molecule has 0 N–H and O–H groups in total. The highest BCUT2D eigenvalue weighted by Crippen LogP contribution is 2.42. The van der Waals surface area contributed by atoms with E-state index in [-0.39, 0.29) is 4.91 Å². The third-order valence-electron chi connectivity index (χ3n) is 5.03. The van der Waals surface area contributed by atoms with Gasteiger partial charge in [-0.25, -0.2) is 12.6 Å². The predicted molar refractivity (Wildman–Crippen MR) is 117 cm³/mol. The Bertz CT molecular complexity index is 958. The standard InChI is InChI=1S/C21H28N2O3S2/c1-4-5-6-7-8-16-21-23(27(21)24)28(25,26)20-15-10-9-12-17-18(20)13-11-14-19(17)22(2)3/h9-14,21H,4-8,16H2,1-3H3. The van der Waals surface area contributed by atoms with Gasteiger partial charge in [-0.3, -0.25) is 0 Å². The van der Waals surface area contributed by atoms with E-state index in [1.54, 1.807) is 18.2 Å². The molecule has 5 nitrogen and oxygen atoms in total. The molecule has 3 unspecified atom stereocenters. The van der Waals surface area contributed by atoms with Crippen molar-refractivity contribution in [1.82, 2.24) is 3.71 Å². The Morgan fingerprint density at radius 1 is 1.18 bits per heavy atom. The maximum Gasteiger partial charge on any atom is 0.263 e. The Balaban J connectivity index is 1.84. The molecule has 1 fully saturated rings. The number of hydrogen-bond acceptors (Lipinski definition) is 4. The first-order valence-electron chi connectivity index (χ1n) is 9.78. The Labute approximate surface area is 171 Å². The van der Waals surface area contributed by atoms with Crippen molar-refractivity contribution in [3.05, 3.63) is 47.2 Å². The predicted octanol–water partition coefficient (Wildman–Crippen LogP) is 4.27. The van der Waals surface area contributed by atoms with E-state index in [0.717, 1.165) is 34.2 Å². The maximum atomic E-state index is 13.3. The average Bonchev–Trinajstić information content (AvgIpc) is 3.37. The summed E-state index contributed by atoms with van der Waals surface area (Å²) in [6.07, 6.45) is 11.4. The molecule has 0 spiro atoms. The molecule has 1 aromatic carbocycles. The lowest BCUT2D eigenvalue weighted by molar-refractivity contribution is 0.546. The van der Waals surface area contributed by atoms with Gasteiger partial charge in [-0.2, -0.15) is 0 Å². The van der Waals surface area contributed by atoms with Crippen molar-refractivity contribution in [2.45, 2.75) is 50.8 Å². The number of rotatable bonds is 9. The first kappa shape index (κ1) is 21.1. The largest absolute Gasteiger partial charge is 0.377 e. The molecule has 2 aliphatic rings. The van der Waals surface area contributed by atoms with Crippen molar-refractivity contribution in [3.63, 3.8) is 0 Å². The van der Waals surface area contributed by atoms with Gasteiger partial charge in [0.25, 0.3) is 10.0 Å². The van der Waals surface area contributed by atoms with E-state index in [9.17, 15) is 12.6 Å². The van der Waals surface area contributed by atoms with E-state index in [1.165, 1.54) is 12.8 Å². The molecule has 0 radical (unpaired) electrons. The van der Waals surface area contributed by atoms with Gasteiger partial charge < -0.3 is 4.90 Å². The van der Waals surface area contributed by atoms with Gasteiger partial charge in [0, 0.05) is 30.9 Å². The van der Waals surface area contributed by atoms with Crippen molar-refractivity contribution in [1.29, 1.82) is 0 Å². The lowest BCUT2D eigenvalue weighted by Crippen LogP contribution is -2.17. The molecule has 152 valence electrons. The van der Waals surface area contributed by atoms with E-state index in [1.807, 2.05) is 37.2 Å². The van der Waals surface area contributed by atoms with Crippen molar-refractivity contribution in [3.8, 4) is 0 Å². The van der Waals surface area contributed by atoms with Crippen LogP contribution in [0.3, 0.4) is 0 Å². The molecule has 0 aromatic heterocycles. The molecule has 3 rings (SSSR count). The lowest BCUT2D eigenvalue weighted by Gasteiger charge is -2.19. The molecule has 0 amide bonds. The van der Waals surface area contributed by atoms with Gasteiger partial charge in [-0.1, -0.05) is 72.8 Å². The van der Waals surface area contributed by atoms with Crippen LogP contribution >= 0.6 is 0 Å². The summed E-state index contributed by atoms with van der Waals surface area (Å²) in [4.78, 5) is 2.05. The zero-order valence-electron chi connectivity index (χ0n) is 16.7. The van der Waals surface area contributed by atoms with Crippen LogP contribution in [-0.2, 0) is 21.0 Å². The van der Waals surface area contributed by atoms with E-state index in [0.29, 0.717) is 12.0 Å². The van der Waals surface area contributed by atoms with Gasteiger partial charge in [0.05, 0.1) is 0 Å². The fourth-order valence-corrected chi connectivity index (χ4v) is 7.41. The quantitative estimate of drug-likeness (QED) is 0.340. The summed E-state index contributed by atoms with van der Waals surface area (Å²) in [5.41, 5.74) is 5.27. The second-order valence-electron chi connectivity index (χ2n) is 7.33. The Kier molecular flexibility index (Phi) is 6.61. The summed E-state index contributed by atoms with van der Waals surface area (Å²) in [6.45, 7) is 2.16. The third-order valence-corrected chi connectivity index (χ3v) is 9.08. The van der Waals surface area contributed by atoms with Crippen LogP contribution in [0.25, 0.3) is 11.0 Å². The van der Waals surface area contributed by atoms with Crippen LogP contribution in [0.15, 0.2) is 36.1 Å². The first-order chi connectivity index (χ1) is 13.4. The first-order valence-corrected chi connectivity index (χ1v) is 12.4. The third kappa shape index (κ3) is 4.18. The summed E-state index contributed by atoms with van der Waals surface area (Å²) >= 11 is 0. The van der Waals surface area contributed by atoms with E-state index >= 15 is 0 Å². The number of benzene rings is 1.